The zero-order chi connectivity index (χ0) is 17.8. The van der Waals surface area contributed by atoms with Crippen LogP contribution in [0.15, 0.2) is 54.7 Å². The molecule has 0 saturated heterocycles. The van der Waals surface area contributed by atoms with E-state index in [0.717, 1.165) is 22.1 Å². The highest BCUT2D eigenvalue weighted by molar-refractivity contribution is 6.11. The van der Waals surface area contributed by atoms with Crippen molar-refractivity contribution in [1.82, 2.24) is 19.5 Å². The number of aromatic nitrogens is 4. The second kappa shape index (κ2) is 5.06. The Morgan fingerprint density at radius 1 is 1.00 bits per heavy atom. The Bertz CT molecular complexity index is 1330. The lowest BCUT2D eigenvalue weighted by atomic mass is 10.2. The predicted molar refractivity (Wildman–Crippen MR) is 101 cm³/mol. The molecule has 3 heterocycles. The molecule has 0 unspecified atom stereocenters. The summed E-state index contributed by atoms with van der Waals surface area (Å²) in [4.78, 5) is 24.6. The standard InChI is InChI=1S/C19H14N6O/c20-17-15(18(21)26)16-19(24-13-5-2-1-4-12(13)23-16)25(17)14-7-3-6-11-10(14)8-9-22-11/h1-9,22H,20H2,(H2,21,26). The number of benzene rings is 2. The number of fused-ring (bicyclic) bond motifs is 3. The van der Waals surface area contributed by atoms with Crippen LogP contribution in [-0.2, 0) is 0 Å². The maximum absolute atomic E-state index is 12.1. The maximum atomic E-state index is 12.1. The van der Waals surface area contributed by atoms with Gasteiger partial charge in [0.25, 0.3) is 5.91 Å². The van der Waals surface area contributed by atoms with Gasteiger partial charge in [-0.25, -0.2) is 9.97 Å². The van der Waals surface area contributed by atoms with Crippen molar-refractivity contribution in [1.29, 1.82) is 0 Å². The minimum absolute atomic E-state index is 0.186. The summed E-state index contributed by atoms with van der Waals surface area (Å²) in [6.45, 7) is 0. The molecular formula is C19H14N6O. The molecule has 5 N–H and O–H groups in total. The van der Waals surface area contributed by atoms with Crippen molar-refractivity contribution in [3.8, 4) is 5.69 Å². The molecule has 0 aliphatic rings. The molecule has 7 nitrogen and oxygen atoms in total. The fourth-order valence-electron chi connectivity index (χ4n) is 3.41. The van der Waals surface area contributed by atoms with Crippen LogP contribution in [0.4, 0.5) is 5.82 Å². The maximum Gasteiger partial charge on any atom is 0.254 e. The average Bonchev–Trinajstić information content (AvgIpc) is 3.21. The van der Waals surface area contributed by atoms with Gasteiger partial charge in [-0.2, -0.15) is 0 Å². The van der Waals surface area contributed by atoms with Gasteiger partial charge in [0.2, 0.25) is 0 Å². The monoisotopic (exact) mass is 342 g/mol. The van der Waals surface area contributed by atoms with Crippen LogP contribution in [0.1, 0.15) is 10.4 Å². The summed E-state index contributed by atoms with van der Waals surface area (Å²) in [5.41, 5.74) is 16.2. The topological polar surface area (TPSA) is 116 Å². The molecular weight excluding hydrogens is 328 g/mol. The summed E-state index contributed by atoms with van der Waals surface area (Å²) in [5, 5.41) is 0.960. The number of hydrogen-bond donors (Lipinski definition) is 3. The number of nitrogens with zero attached hydrogens (tertiary/aromatic N) is 3. The minimum Gasteiger partial charge on any atom is -0.384 e. The summed E-state index contributed by atoms with van der Waals surface area (Å²) in [7, 11) is 0. The number of primary amides is 1. The normalized spacial score (nSPS) is 11.5. The fourth-order valence-corrected chi connectivity index (χ4v) is 3.41. The Hall–Kier alpha value is -3.87. The van der Waals surface area contributed by atoms with Gasteiger partial charge in [0.1, 0.15) is 16.9 Å². The molecule has 0 saturated carbocycles. The molecule has 1 amide bonds. The summed E-state index contributed by atoms with van der Waals surface area (Å²) >= 11 is 0. The fraction of sp³-hybridized carbons (Fsp3) is 0. The number of nitrogens with two attached hydrogens (primary N) is 2. The zero-order valence-electron chi connectivity index (χ0n) is 13.6. The molecule has 3 aromatic heterocycles. The number of anilines is 1. The van der Waals surface area contributed by atoms with Crippen LogP contribution in [0.3, 0.4) is 0 Å². The number of para-hydroxylation sites is 2. The number of aromatic amines is 1. The highest BCUT2D eigenvalue weighted by Crippen LogP contribution is 2.33. The summed E-state index contributed by atoms with van der Waals surface area (Å²) < 4.78 is 1.74. The number of H-pyrrole nitrogens is 1. The number of amides is 1. The van der Waals surface area contributed by atoms with Gasteiger partial charge in [0, 0.05) is 17.1 Å². The minimum atomic E-state index is -0.628. The van der Waals surface area contributed by atoms with Gasteiger partial charge < -0.3 is 16.5 Å². The molecule has 0 aliphatic heterocycles. The SMILES string of the molecule is NC(=O)c1c(N)n(-c2cccc3[nH]ccc23)c2nc3ccccc3nc12. The molecule has 7 heteroatoms. The molecule has 26 heavy (non-hydrogen) atoms. The number of hydrogen-bond acceptors (Lipinski definition) is 4. The Morgan fingerprint density at radius 2 is 1.77 bits per heavy atom. The highest BCUT2D eigenvalue weighted by atomic mass is 16.1. The van der Waals surface area contributed by atoms with Gasteiger partial charge in [-0.05, 0) is 30.3 Å². The number of nitrogen functional groups attached to an aromatic ring is 1. The quantitative estimate of drug-likeness (QED) is 0.457. The molecule has 5 rings (SSSR count). The molecule has 0 spiro atoms. The Balaban J connectivity index is 1.99. The molecule has 0 radical (unpaired) electrons. The first kappa shape index (κ1) is 14.5. The van der Waals surface area contributed by atoms with Crippen molar-refractivity contribution in [3.63, 3.8) is 0 Å². The van der Waals surface area contributed by atoms with Gasteiger partial charge in [0.05, 0.1) is 16.7 Å². The first-order valence-corrected chi connectivity index (χ1v) is 8.08. The number of carbonyl (C=O) groups is 1. The number of carbonyl (C=O) groups excluding carboxylic acids is 1. The van der Waals surface area contributed by atoms with Gasteiger partial charge in [-0.15, -0.1) is 0 Å². The van der Waals surface area contributed by atoms with Crippen molar-refractivity contribution < 1.29 is 4.79 Å². The van der Waals surface area contributed by atoms with Crippen molar-refractivity contribution in [2.24, 2.45) is 5.73 Å². The Labute approximate surface area is 147 Å². The van der Waals surface area contributed by atoms with E-state index in [1.54, 1.807) is 4.57 Å². The lowest BCUT2D eigenvalue weighted by Crippen LogP contribution is -2.14. The van der Waals surface area contributed by atoms with Gasteiger partial charge >= 0.3 is 0 Å². The lowest BCUT2D eigenvalue weighted by molar-refractivity contribution is 0.100. The molecule has 0 fully saturated rings. The lowest BCUT2D eigenvalue weighted by Gasteiger charge is -2.09. The molecule has 0 bridgehead atoms. The van der Waals surface area contributed by atoms with E-state index >= 15 is 0 Å². The first-order valence-electron chi connectivity index (χ1n) is 8.08. The van der Waals surface area contributed by atoms with E-state index in [2.05, 4.69) is 9.97 Å². The van der Waals surface area contributed by atoms with Crippen LogP contribution >= 0.6 is 0 Å². The third kappa shape index (κ3) is 1.85. The van der Waals surface area contributed by atoms with Gasteiger partial charge in [-0.1, -0.05) is 18.2 Å². The highest BCUT2D eigenvalue weighted by Gasteiger charge is 2.24. The second-order valence-electron chi connectivity index (χ2n) is 6.06. The molecule has 0 atom stereocenters. The summed E-state index contributed by atoms with van der Waals surface area (Å²) in [6.07, 6.45) is 1.85. The van der Waals surface area contributed by atoms with Crippen molar-refractivity contribution in [3.05, 3.63) is 60.3 Å². The number of nitrogens with one attached hydrogen (secondary N) is 1. The van der Waals surface area contributed by atoms with Crippen LogP contribution in [0.2, 0.25) is 0 Å². The Kier molecular flexibility index (Phi) is 2.82. The van der Waals surface area contributed by atoms with E-state index in [1.807, 2.05) is 54.7 Å². The van der Waals surface area contributed by atoms with E-state index in [9.17, 15) is 4.79 Å². The molecule has 2 aromatic carbocycles. The largest absolute Gasteiger partial charge is 0.384 e. The van der Waals surface area contributed by atoms with Gasteiger partial charge in [-0.3, -0.25) is 9.36 Å². The van der Waals surface area contributed by atoms with Crippen LogP contribution in [0.5, 0.6) is 0 Å². The second-order valence-corrected chi connectivity index (χ2v) is 6.06. The van der Waals surface area contributed by atoms with Crippen molar-refractivity contribution >= 4 is 44.8 Å². The van der Waals surface area contributed by atoms with Crippen LogP contribution < -0.4 is 11.5 Å². The van der Waals surface area contributed by atoms with Crippen molar-refractivity contribution in [2.45, 2.75) is 0 Å². The van der Waals surface area contributed by atoms with Gasteiger partial charge in [0.15, 0.2) is 5.65 Å². The Morgan fingerprint density at radius 3 is 2.54 bits per heavy atom. The van der Waals surface area contributed by atoms with Crippen molar-refractivity contribution in [2.75, 3.05) is 5.73 Å². The third-order valence-corrected chi connectivity index (χ3v) is 4.56. The van der Waals surface area contributed by atoms with E-state index in [-0.39, 0.29) is 11.4 Å². The molecule has 0 aliphatic carbocycles. The van der Waals surface area contributed by atoms with E-state index in [0.29, 0.717) is 16.7 Å². The molecule has 5 aromatic rings. The molecule has 126 valence electrons. The smallest absolute Gasteiger partial charge is 0.254 e. The van der Waals surface area contributed by atoms with E-state index in [1.165, 1.54) is 0 Å². The first-order chi connectivity index (χ1) is 12.6. The van der Waals surface area contributed by atoms with Crippen LogP contribution in [0.25, 0.3) is 38.8 Å². The zero-order valence-corrected chi connectivity index (χ0v) is 13.6. The number of rotatable bonds is 2. The summed E-state index contributed by atoms with van der Waals surface area (Å²) in [5.74, 6) is -0.395. The predicted octanol–water partition coefficient (Wildman–Crippen LogP) is 2.74. The van der Waals surface area contributed by atoms with Crippen LogP contribution in [0, 0.1) is 0 Å². The summed E-state index contributed by atoms with van der Waals surface area (Å²) in [6, 6.07) is 15.2. The average molecular weight is 342 g/mol. The van der Waals surface area contributed by atoms with E-state index < -0.39 is 5.91 Å². The third-order valence-electron chi connectivity index (χ3n) is 4.56. The van der Waals surface area contributed by atoms with E-state index in [4.69, 9.17) is 16.5 Å². The van der Waals surface area contributed by atoms with Crippen LogP contribution in [-0.4, -0.2) is 25.4 Å².